The van der Waals surface area contributed by atoms with Gasteiger partial charge in [-0.15, -0.1) is 11.8 Å². The normalized spacial score (nSPS) is 16.0. The summed E-state index contributed by atoms with van der Waals surface area (Å²) in [6, 6.07) is 5.43. The minimum absolute atomic E-state index is 0.213. The van der Waals surface area contributed by atoms with Crippen LogP contribution in [0.2, 0.25) is 0 Å². The molecule has 0 atom stereocenters. The number of rotatable bonds is 4. The van der Waals surface area contributed by atoms with Crippen molar-refractivity contribution in [3.05, 3.63) is 40.4 Å². The number of hydrogen-bond donors (Lipinski definition) is 1. The van der Waals surface area contributed by atoms with E-state index < -0.39 is 5.97 Å². The Morgan fingerprint density at radius 2 is 2.13 bits per heavy atom. The van der Waals surface area contributed by atoms with Gasteiger partial charge in [0.25, 0.3) is 0 Å². The van der Waals surface area contributed by atoms with Crippen LogP contribution >= 0.6 is 11.8 Å². The number of hydrogen-bond acceptors (Lipinski definition) is 6. The van der Waals surface area contributed by atoms with Crippen LogP contribution in [0.5, 0.6) is 11.5 Å². The summed E-state index contributed by atoms with van der Waals surface area (Å²) in [5.41, 5.74) is 1.44. The van der Waals surface area contributed by atoms with Crippen LogP contribution in [0.1, 0.15) is 12.0 Å². The summed E-state index contributed by atoms with van der Waals surface area (Å²) in [4.78, 5) is 24.1. The molecular formula is C16H15NO5S. The van der Waals surface area contributed by atoms with Crippen molar-refractivity contribution in [1.82, 2.24) is 5.32 Å². The van der Waals surface area contributed by atoms with E-state index in [1.807, 2.05) is 6.07 Å². The number of carbonyl (C=O) groups excluding carboxylic acids is 2. The number of amides is 1. The van der Waals surface area contributed by atoms with E-state index in [4.69, 9.17) is 14.2 Å². The minimum atomic E-state index is -0.414. The van der Waals surface area contributed by atoms with Crippen LogP contribution in [-0.2, 0) is 14.3 Å². The summed E-state index contributed by atoms with van der Waals surface area (Å²) in [7, 11) is 1.33. The van der Waals surface area contributed by atoms with E-state index in [2.05, 4.69) is 5.32 Å². The van der Waals surface area contributed by atoms with Crippen molar-refractivity contribution in [2.45, 2.75) is 6.42 Å². The second kappa shape index (κ2) is 6.78. The molecule has 1 amide bonds. The molecule has 3 rings (SSSR count). The second-order valence-corrected chi connectivity index (χ2v) is 5.94. The van der Waals surface area contributed by atoms with E-state index in [0.29, 0.717) is 28.5 Å². The second-order valence-electron chi connectivity index (χ2n) is 4.83. The minimum Gasteiger partial charge on any atom is -0.465 e. The summed E-state index contributed by atoms with van der Waals surface area (Å²) >= 11 is 1.39. The lowest BCUT2D eigenvalue weighted by Crippen LogP contribution is -2.21. The van der Waals surface area contributed by atoms with Crippen LogP contribution in [0.25, 0.3) is 6.08 Å². The predicted octanol–water partition coefficient (Wildman–Crippen LogP) is 2.07. The fraction of sp³-hybridized carbons (Fsp3) is 0.250. The molecule has 0 aromatic heterocycles. The number of carbonyl (C=O) groups is 2. The highest BCUT2D eigenvalue weighted by atomic mass is 32.2. The van der Waals surface area contributed by atoms with Gasteiger partial charge in [-0.25, -0.2) is 4.79 Å². The van der Waals surface area contributed by atoms with Crippen LogP contribution < -0.4 is 14.8 Å². The SMILES string of the molecule is COC(=O)C1=C(NC(=O)C=Cc2ccc3c(c2)OCO3)CCS1. The molecule has 0 fully saturated rings. The number of methoxy groups -OCH3 is 1. The highest BCUT2D eigenvalue weighted by Crippen LogP contribution is 2.33. The number of allylic oxidation sites excluding steroid dienone is 1. The molecule has 0 unspecified atom stereocenters. The molecule has 2 heterocycles. The molecule has 120 valence electrons. The Labute approximate surface area is 137 Å². The first-order valence-electron chi connectivity index (χ1n) is 7.00. The van der Waals surface area contributed by atoms with E-state index in [-0.39, 0.29) is 12.7 Å². The van der Waals surface area contributed by atoms with Gasteiger partial charge in [-0.1, -0.05) is 6.07 Å². The first-order chi connectivity index (χ1) is 11.2. The number of ether oxygens (including phenoxy) is 3. The first kappa shape index (κ1) is 15.5. The average Bonchev–Trinajstić information content (AvgIpc) is 3.20. The number of thioether (sulfide) groups is 1. The van der Waals surface area contributed by atoms with Gasteiger partial charge in [-0.05, 0) is 30.2 Å². The topological polar surface area (TPSA) is 73.9 Å². The molecule has 0 saturated carbocycles. The summed E-state index contributed by atoms with van der Waals surface area (Å²) < 4.78 is 15.2. The standard InChI is InChI=1S/C16H15NO5S/c1-20-16(19)15-11(6-7-23-15)17-14(18)5-3-10-2-4-12-13(8-10)22-9-21-12/h2-5,8H,6-7,9H2,1H3,(H,17,18). The fourth-order valence-corrected chi connectivity index (χ4v) is 3.27. The zero-order valence-electron chi connectivity index (χ0n) is 12.5. The lowest BCUT2D eigenvalue weighted by atomic mass is 10.2. The Hall–Kier alpha value is -2.41. The van der Waals surface area contributed by atoms with Crippen molar-refractivity contribution in [2.75, 3.05) is 19.7 Å². The average molecular weight is 333 g/mol. The van der Waals surface area contributed by atoms with E-state index in [9.17, 15) is 9.59 Å². The molecule has 1 aromatic carbocycles. The van der Waals surface area contributed by atoms with Crippen molar-refractivity contribution < 1.29 is 23.8 Å². The molecule has 0 aliphatic carbocycles. The zero-order valence-corrected chi connectivity index (χ0v) is 13.3. The monoisotopic (exact) mass is 333 g/mol. The molecule has 6 nitrogen and oxygen atoms in total. The van der Waals surface area contributed by atoms with Gasteiger partial charge >= 0.3 is 5.97 Å². The van der Waals surface area contributed by atoms with Gasteiger partial charge < -0.3 is 19.5 Å². The van der Waals surface area contributed by atoms with Crippen LogP contribution in [0.15, 0.2) is 34.9 Å². The third-order valence-electron chi connectivity index (χ3n) is 3.34. The van der Waals surface area contributed by atoms with Crippen molar-refractivity contribution >= 4 is 29.7 Å². The predicted molar refractivity (Wildman–Crippen MR) is 85.9 cm³/mol. The maximum absolute atomic E-state index is 12.0. The molecule has 1 N–H and O–H groups in total. The molecule has 1 aromatic rings. The Morgan fingerprint density at radius 1 is 1.30 bits per heavy atom. The smallest absolute Gasteiger partial charge is 0.346 e. The van der Waals surface area contributed by atoms with Crippen LogP contribution in [-0.4, -0.2) is 31.5 Å². The van der Waals surface area contributed by atoms with Gasteiger partial charge in [0, 0.05) is 17.5 Å². The van der Waals surface area contributed by atoms with E-state index >= 15 is 0 Å². The molecule has 0 saturated heterocycles. The Balaban J connectivity index is 1.66. The Bertz CT molecular complexity index is 710. The largest absolute Gasteiger partial charge is 0.465 e. The quantitative estimate of drug-likeness (QED) is 0.672. The van der Waals surface area contributed by atoms with E-state index in [1.54, 1.807) is 18.2 Å². The first-order valence-corrected chi connectivity index (χ1v) is 7.99. The Kier molecular flexibility index (Phi) is 4.57. The Morgan fingerprint density at radius 3 is 2.96 bits per heavy atom. The van der Waals surface area contributed by atoms with Gasteiger partial charge in [0.15, 0.2) is 11.5 Å². The van der Waals surface area contributed by atoms with Gasteiger partial charge in [-0.2, -0.15) is 0 Å². The van der Waals surface area contributed by atoms with Gasteiger partial charge in [0.05, 0.1) is 7.11 Å². The summed E-state index contributed by atoms with van der Waals surface area (Å²) in [6.07, 6.45) is 3.74. The lowest BCUT2D eigenvalue weighted by Gasteiger charge is -2.05. The molecule has 0 bridgehead atoms. The molecule has 0 spiro atoms. The molecule has 0 radical (unpaired) electrons. The number of esters is 1. The zero-order chi connectivity index (χ0) is 16.2. The van der Waals surface area contributed by atoms with E-state index in [1.165, 1.54) is 24.9 Å². The molecule has 7 heteroatoms. The van der Waals surface area contributed by atoms with Crippen molar-refractivity contribution in [3.8, 4) is 11.5 Å². The highest BCUT2D eigenvalue weighted by Gasteiger charge is 2.23. The maximum atomic E-state index is 12.0. The number of nitrogens with one attached hydrogen (secondary N) is 1. The van der Waals surface area contributed by atoms with Crippen LogP contribution in [0.3, 0.4) is 0 Å². The molecule has 23 heavy (non-hydrogen) atoms. The summed E-state index contributed by atoms with van der Waals surface area (Å²) in [5.74, 6) is 1.41. The van der Waals surface area contributed by atoms with Crippen LogP contribution in [0.4, 0.5) is 0 Å². The maximum Gasteiger partial charge on any atom is 0.346 e. The summed E-state index contributed by atoms with van der Waals surface area (Å²) in [6.45, 7) is 0.213. The molecule has 2 aliphatic heterocycles. The molecular weight excluding hydrogens is 318 g/mol. The van der Waals surface area contributed by atoms with Crippen LogP contribution in [0, 0.1) is 0 Å². The number of fused-ring (bicyclic) bond motifs is 1. The van der Waals surface area contributed by atoms with Crippen molar-refractivity contribution in [2.24, 2.45) is 0 Å². The van der Waals surface area contributed by atoms with Crippen molar-refractivity contribution in [1.29, 1.82) is 0 Å². The van der Waals surface area contributed by atoms with Gasteiger partial charge in [0.1, 0.15) is 4.91 Å². The lowest BCUT2D eigenvalue weighted by molar-refractivity contribution is -0.135. The molecule has 2 aliphatic rings. The third kappa shape index (κ3) is 3.50. The van der Waals surface area contributed by atoms with E-state index in [0.717, 1.165) is 11.3 Å². The highest BCUT2D eigenvalue weighted by molar-refractivity contribution is 8.04. The van der Waals surface area contributed by atoms with Crippen molar-refractivity contribution in [3.63, 3.8) is 0 Å². The van der Waals surface area contributed by atoms with Gasteiger partial charge in [-0.3, -0.25) is 4.79 Å². The third-order valence-corrected chi connectivity index (χ3v) is 4.45. The number of benzene rings is 1. The summed E-state index contributed by atoms with van der Waals surface area (Å²) in [5, 5.41) is 2.74. The van der Waals surface area contributed by atoms with Gasteiger partial charge in [0.2, 0.25) is 12.7 Å². The fourth-order valence-electron chi connectivity index (χ4n) is 2.23.